The fourth-order valence-corrected chi connectivity index (χ4v) is 2.76. The summed E-state index contributed by atoms with van der Waals surface area (Å²) in [6.07, 6.45) is -0.768. The summed E-state index contributed by atoms with van der Waals surface area (Å²) in [6.45, 7) is 4.11. The number of fused-ring (bicyclic) bond motifs is 1. The zero-order chi connectivity index (χ0) is 17.8. The van der Waals surface area contributed by atoms with E-state index in [1.165, 1.54) is 0 Å². The van der Waals surface area contributed by atoms with Gasteiger partial charge in [-0.05, 0) is 38.1 Å². The number of aliphatic hydroxyl groups is 1. The number of ether oxygens (including phenoxy) is 1. The second-order valence-corrected chi connectivity index (χ2v) is 5.70. The standard InChI is InChI=1S/C19H21N3O3/c1-3-25-17-11-7-5-9-15(17)20-18(24)12-22-16-10-6-4-8-14(16)21-19(22)13(2)23/h4-11,13,23H,3,12H2,1-2H3,(H,20,24). The number of carbonyl (C=O) groups is 1. The van der Waals surface area contributed by atoms with Gasteiger partial charge in [-0.3, -0.25) is 4.79 Å². The van der Waals surface area contributed by atoms with E-state index >= 15 is 0 Å². The lowest BCUT2D eigenvalue weighted by Gasteiger charge is -2.13. The molecule has 0 saturated heterocycles. The van der Waals surface area contributed by atoms with Crippen LogP contribution in [0.4, 0.5) is 5.69 Å². The number of aromatic nitrogens is 2. The molecule has 0 aliphatic carbocycles. The summed E-state index contributed by atoms with van der Waals surface area (Å²) in [6, 6.07) is 14.8. The van der Waals surface area contributed by atoms with Crippen molar-refractivity contribution < 1.29 is 14.6 Å². The lowest BCUT2D eigenvalue weighted by atomic mass is 10.3. The minimum Gasteiger partial charge on any atom is -0.492 e. The van der Waals surface area contributed by atoms with Crippen molar-refractivity contribution in [1.82, 2.24) is 9.55 Å². The highest BCUT2D eigenvalue weighted by Gasteiger charge is 2.17. The highest BCUT2D eigenvalue weighted by molar-refractivity contribution is 5.93. The van der Waals surface area contributed by atoms with E-state index in [4.69, 9.17) is 4.74 Å². The van der Waals surface area contributed by atoms with E-state index < -0.39 is 6.10 Å². The lowest BCUT2D eigenvalue weighted by Crippen LogP contribution is -2.21. The Balaban J connectivity index is 1.86. The van der Waals surface area contributed by atoms with Gasteiger partial charge in [0.2, 0.25) is 5.91 Å². The van der Waals surface area contributed by atoms with Crippen LogP contribution in [0.5, 0.6) is 5.75 Å². The first-order chi connectivity index (χ1) is 12.1. The van der Waals surface area contributed by atoms with Crippen LogP contribution in [0.2, 0.25) is 0 Å². The molecule has 0 spiro atoms. The van der Waals surface area contributed by atoms with Crippen LogP contribution in [0.15, 0.2) is 48.5 Å². The third-order valence-electron chi connectivity index (χ3n) is 3.82. The Bertz CT molecular complexity index is 887. The summed E-state index contributed by atoms with van der Waals surface area (Å²) in [5.41, 5.74) is 2.19. The number of imidazole rings is 1. The second kappa shape index (κ2) is 7.36. The molecule has 25 heavy (non-hydrogen) atoms. The summed E-state index contributed by atoms with van der Waals surface area (Å²) < 4.78 is 7.27. The van der Waals surface area contributed by atoms with E-state index in [1.807, 2.05) is 49.4 Å². The third-order valence-corrected chi connectivity index (χ3v) is 3.82. The van der Waals surface area contributed by atoms with Gasteiger partial charge in [0.15, 0.2) is 0 Å². The van der Waals surface area contributed by atoms with Gasteiger partial charge >= 0.3 is 0 Å². The number of anilines is 1. The van der Waals surface area contributed by atoms with Gasteiger partial charge < -0.3 is 19.7 Å². The summed E-state index contributed by atoms with van der Waals surface area (Å²) in [5, 5.41) is 12.9. The molecule has 1 aromatic heterocycles. The number of para-hydroxylation sites is 4. The normalized spacial score (nSPS) is 12.1. The predicted molar refractivity (Wildman–Crippen MR) is 96.6 cm³/mol. The Morgan fingerprint density at radius 1 is 1.24 bits per heavy atom. The number of aliphatic hydroxyl groups excluding tert-OH is 1. The number of nitrogens with one attached hydrogen (secondary N) is 1. The topological polar surface area (TPSA) is 76.4 Å². The fourth-order valence-electron chi connectivity index (χ4n) is 2.76. The van der Waals surface area contributed by atoms with Crippen molar-refractivity contribution in [2.45, 2.75) is 26.5 Å². The molecule has 0 fully saturated rings. The first kappa shape index (κ1) is 17.0. The molecule has 1 atom stereocenters. The van der Waals surface area contributed by atoms with Crippen LogP contribution in [0, 0.1) is 0 Å². The molecular formula is C19H21N3O3. The molecule has 130 valence electrons. The van der Waals surface area contributed by atoms with Crippen LogP contribution in [0.1, 0.15) is 25.8 Å². The number of rotatable bonds is 6. The smallest absolute Gasteiger partial charge is 0.244 e. The molecule has 1 heterocycles. The quantitative estimate of drug-likeness (QED) is 0.723. The van der Waals surface area contributed by atoms with Crippen molar-refractivity contribution in [3.05, 3.63) is 54.4 Å². The first-order valence-electron chi connectivity index (χ1n) is 8.25. The Kier molecular flexibility index (Phi) is 5.00. The largest absolute Gasteiger partial charge is 0.492 e. The molecular weight excluding hydrogens is 318 g/mol. The Labute approximate surface area is 146 Å². The molecule has 2 N–H and O–H groups in total. The maximum atomic E-state index is 12.6. The average molecular weight is 339 g/mol. The van der Waals surface area contributed by atoms with Crippen molar-refractivity contribution in [3.8, 4) is 5.75 Å². The maximum Gasteiger partial charge on any atom is 0.244 e. The third kappa shape index (κ3) is 3.64. The van der Waals surface area contributed by atoms with Crippen LogP contribution >= 0.6 is 0 Å². The van der Waals surface area contributed by atoms with Crippen LogP contribution < -0.4 is 10.1 Å². The maximum absolute atomic E-state index is 12.6. The Morgan fingerprint density at radius 2 is 1.96 bits per heavy atom. The number of amides is 1. The molecule has 2 aromatic carbocycles. The van der Waals surface area contributed by atoms with Gasteiger partial charge in [0, 0.05) is 0 Å². The monoisotopic (exact) mass is 339 g/mol. The number of benzene rings is 2. The number of hydrogen-bond donors (Lipinski definition) is 2. The van der Waals surface area contributed by atoms with Gasteiger partial charge in [-0.15, -0.1) is 0 Å². The zero-order valence-corrected chi connectivity index (χ0v) is 14.3. The summed E-state index contributed by atoms with van der Waals surface area (Å²) in [5.74, 6) is 0.885. The van der Waals surface area contributed by atoms with Gasteiger partial charge in [-0.25, -0.2) is 4.98 Å². The van der Waals surface area contributed by atoms with Gasteiger partial charge in [0.25, 0.3) is 0 Å². The van der Waals surface area contributed by atoms with Gasteiger partial charge in [-0.2, -0.15) is 0 Å². The molecule has 0 saturated carbocycles. The highest BCUT2D eigenvalue weighted by Crippen LogP contribution is 2.24. The van der Waals surface area contributed by atoms with Gasteiger partial charge in [-0.1, -0.05) is 24.3 Å². The number of carbonyl (C=O) groups excluding carboxylic acids is 1. The molecule has 3 aromatic rings. The SMILES string of the molecule is CCOc1ccccc1NC(=O)Cn1c(C(C)O)nc2ccccc21. The van der Waals surface area contributed by atoms with E-state index in [9.17, 15) is 9.90 Å². The van der Waals surface area contributed by atoms with E-state index in [0.29, 0.717) is 23.9 Å². The first-order valence-corrected chi connectivity index (χ1v) is 8.25. The highest BCUT2D eigenvalue weighted by atomic mass is 16.5. The van der Waals surface area contributed by atoms with E-state index in [1.54, 1.807) is 17.6 Å². The Hall–Kier alpha value is -2.86. The molecule has 0 aliphatic rings. The second-order valence-electron chi connectivity index (χ2n) is 5.70. The molecule has 0 radical (unpaired) electrons. The molecule has 0 aliphatic heterocycles. The van der Waals surface area contributed by atoms with Crippen LogP contribution in [-0.4, -0.2) is 27.2 Å². The lowest BCUT2D eigenvalue weighted by molar-refractivity contribution is -0.116. The summed E-state index contributed by atoms with van der Waals surface area (Å²) in [4.78, 5) is 17.0. The molecule has 6 nitrogen and oxygen atoms in total. The van der Waals surface area contributed by atoms with E-state index in [0.717, 1.165) is 11.0 Å². The van der Waals surface area contributed by atoms with Crippen molar-refractivity contribution in [3.63, 3.8) is 0 Å². The van der Waals surface area contributed by atoms with Crippen molar-refractivity contribution in [1.29, 1.82) is 0 Å². The molecule has 1 amide bonds. The predicted octanol–water partition coefficient (Wildman–Crippen LogP) is 3.13. The Morgan fingerprint density at radius 3 is 2.72 bits per heavy atom. The number of nitrogens with zero attached hydrogens (tertiary/aromatic N) is 2. The zero-order valence-electron chi connectivity index (χ0n) is 14.3. The van der Waals surface area contributed by atoms with E-state index in [2.05, 4.69) is 10.3 Å². The molecule has 6 heteroatoms. The van der Waals surface area contributed by atoms with Gasteiger partial charge in [0.1, 0.15) is 24.2 Å². The summed E-state index contributed by atoms with van der Waals surface area (Å²) in [7, 11) is 0. The van der Waals surface area contributed by atoms with Crippen LogP contribution in [0.25, 0.3) is 11.0 Å². The van der Waals surface area contributed by atoms with E-state index in [-0.39, 0.29) is 12.5 Å². The number of hydrogen-bond acceptors (Lipinski definition) is 4. The van der Waals surface area contributed by atoms with Crippen molar-refractivity contribution >= 4 is 22.6 Å². The van der Waals surface area contributed by atoms with Crippen LogP contribution in [0.3, 0.4) is 0 Å². The van der Waals surface area contributed by atoms with Crippen molar-refractivity contribution in [2.24, 2.45) is 0 Å². The minimum absolute atomic E-state index is 0.0568. The molecule has 3 rings (SSSR count). The molecule has 1 unspecified atom stereocenters. The average Bonchev–Trinajstić information content (AvgIpc) is 2.96. The van der Waals surface area contributed by atoms with Crippen LogP contribution in [-0.2, 0) is 11.3 Å². The minimum atomic E-state index is -0.768. The fraction of sp³-hybridized carbons (Fsp3) is 0.263. The summed E-state index contributed by atoms with van der Waals surface area (Å²) >= 11 is 0. The van der Waals surface area contributed by atoms with Crippen molar-refractivity contribution in [2.75, 3.05) is 11.9 Å². The van der Waals surface area contributed by atoms with Gasteiger partial charge in [0.05, 0.1) is 23.3 Å². The molecule has 0 bridgehead atoms.